The van der Waals surface area contributed by atoms with Gasteiger partial charge in [-0.15, -0.1) is 0 Å². The smallest absolute Gasteiger partial charge is 0.276 e. The summed E-state index contributed by atoms with van der Waals surface area (Å²) < 4.78 is 1.90. The Bertz CT molecular complexity index is 1930. The number of aromatic nitrogens is 4. The lowest BCUT2D eigenvalue weighted by atomic mass is 10.0. The summed E-state index contributed by atoms with van der Waals surface area (Å²) in [4.78, 5) is 24.8. The first-order valence-corrected chi connectivity index (χ1v) is 16.2. The Labute approximate surface area is 276 Å². The number of anilines is 3. The molecule has 2 atom stereocenters. The summed E-state index contributed by atoms with van der Waals surface area (Å²) in [6, 6.07) is 17.2. The van der Waals surface area contributed by atoms with Crippen LogP contribution in [-0.2, 0) is 13.1 Å². The zero-order chi connectivity index (χ0) is 31.8. The monoisotopic (exact) mass is 656 g/mol. The molecular weight excluding hydrogens is 623 g/mol. The number of halogens is 2. The number of hydrogen-bond donors (Lipinski definition) is 4. The standard InChI is InChI=1S/C34H34Cl2N8O2/c1-37-25-9-4-13-44-29(25)16-28(42-44)34(46)41-27-8-3-6-24(31(27)36)23-5-2-7-26(30(23)35)40-33-32-21(10-12-38-33)15-20(17-39-32)18-43-14-11-22(45)19-43/h2-3,5-8,10,12,15-17,22,25,37,45H,4,9,11,13-14,18-19H2,1H3,(H,38,40)(H,41,46)/t22-,25-/m1/s1. The number of β-amino-alcohol motifs (C(OH)–C–C–N with tert-alkyl or cyclic N) is 1. The first-order valence-electron chi connectivity index (χ1n) is 15.4. The molecule has 5 aromatic rings. The first kappa shape index (κ1) is 30.6. The van der Waals surface area contributed by atoms with E-state index in [9.17, 15) is 9.90 Å². The van der Waals surface area contributed by atoms with E-state index in [0.29, 0.717) is 50.6 Å². The van der Waals surface area contributed by atoms with Gasteiger partial charge in [0.2, 0.25) is 0 Å². The van der Waals surface area contributed by atoms with Gasteiger partial charge in [0.15, 0.2) is 11.5 Å². The summed E-state index contributed by atoms with van der Waals surface area (Å²) in [5.74, 6) is 0.253. The van der Waals surface area contributed by atoms with Crippen LogP contribution >= 0.6 is 23.2 Å². The third-order valence-electron chi connectivity index (χ3n) is 8.71. The molecule has 3 aromatic heterocycles. The van der Waals surface area contributed by atoms with Gasteiger partial charge in [-0.1, -0.05) is 47.5 Å². The minimum atomic E-state index is -0.326. The molecule has 5 heterocycles. The van der Waals surface area contributed by atoms with Gasteiger partial charge in [-0.05, 0) is 62.2 Å². The van der Waals surface area contributed by atoms with E-state index in [2.05, 4.69) is 37.0 Å². The Kier molecular flexibility index (Phi) is 8.63. The van der Waals surface area contributed by atoms with Gasteiger partial charge in [-0.25, -0.2) is 4.98 Å². The highest BCUT2D eigenvalue weighted by atomic mass is 35.5. The van der Waals surface area contributed by atoms with Gasteiger partial charge in [-0.2, -0.15) is 5.10 Å². The van der Waals surface area contributed by atoms with Crippen molar-refractivity contribution in [3.05, 3.63) is 94.0 Å². The fourth-order valence-electron chi connectivity index (χ4n) is 6.37. The second-order valence-corrected chi connectivity index (χ2v) is 12.6. The predicted octanol–water partition coefficient (Wildman–Crippen LogP) is 6.42. The largest absolute Gasteiger partial charge is 0.392 e. The van der Waals surface area contributed by atoms with Crippen molar-refractivity contribution in [2.45, 2.75) is 44.5 Å². The number of likely N-dealkylation sites (tertiary alicyclic amines) is 1. The van der Waals surface area contributed by atoms with Crippen LogP contribution in [0.5, 0.6) is 0 Å². The summed E-state index contributed by atoms with van der Waals surface area (Å²) in [6.07, 6.45) is 6.15. The molecule has 2 aromatic carbocycles. The van der Waals surface area contributed by atoms with Crippen LogP contribution in [0.25, 0.3) is 22.0 Å². The second-order valence-electron chi connectivity index (χ2n) is 11.8. The van der Waals surface area contributed by atoms with E-state index in [-0.39, 0.29) is 18.1 Å². The van der Waals surface area contributed by atoms with Crippen molar-refractivity contribution in [2.75, 3.05) is 30.8 Å². The number of amides is 1. The normalized spacial score (nSPS) is 18.1. The van der Waals surface area contributed by atoms with Gasteiger partial charge in [0, 0.05) is 61.1 Å². The SMILES string of the molecule is CN[C@@H]1CCCn2nc(C(=O)Nc3cccc(-c4cccc(Nc5nccc6cc(CN7CC[C@@H](O)C7)cnc56)c4Cl)c3Cl)cc21. The molecule has 1 saturated heterocycles. The molecule has 0 bridgehead atoms. The van der Waals surface area contributed by atoms with Crippen LogP contribution < -0.4 is 16.0 Å². The van der Waals surface area contributed by atoms with Crippen LogP contribution in [-0.4, -0.2) is 61.9 Å². The molecule has 236 valence electrons. The molecular formula is C34H34Cl2N8O2. The van der Waals surface area contributed by atoms with Crippen molar-refractivity contribution < 1.29 is 9.90 Å². The third-order valence-corrected chi connectivity index (χ3v) is 9.52. The Hall–Kier alpha value is -4.06. The second kappa shape index (κ2) is 13.0. The molecule has 1 fully saturated rings. The van der Waals surface area contributed by atoms with Crippen molar-refractivity contribution in [1.82, 2.24) is 30.0 Å². The Morgan fingerprint density at radius 3 is 2.54 bits per heavy atom. The number of hydrogen-bond acceptors (Lipinski definition) is 8. The summed E-state index contributed by atoms with van der Waals surface area (Å²) in [5.41, 5.74) is 5.64. The number of pyridine rings is 2. The van der Waals surface area contributed by atoms with Crippen LogP contribution in [0.2, 0.25) is 10.0 Å². The Balaban J connectivity index is 1.12. The Morgan fingerprint density at radius 1 is 1.00 bits per heavy atom. The van der Waals surface area contributed by atoms with Crippen molar-refractivity contribution in [2.24, 2.45) is 0 Å². The zero-order valence-electron chi connectivity index (χ0n) is 25.3. The number of nitrogens with zero attached hydrogens (tertiary/aromatic N) is 5. The number of carbonyl (C=O) groups is 1. The lowest BCUT2D eigenvalue weighted by Gasteiger charge is -2.22. The highest BCUT2D eigenvalue weighted by Crippen LogP contribution is 2.41. The van der Waals surface area contributed by atoms with E-state index in [4.69, 9.17) is 28.2 Å². The average Bonchev–Trinajstić information content (AvgIpc) is 3.69. The van der Waals surface area contributed by atoms with Crippen molar-refractivity contribution >= 4 is 57.2 Å². The number of benzene rings is 2. The fraction of sp³-hybridized carbons (Fsp3) is 0.294. The van der Waals surface area contributed by atoms with Crippen molar-refractivity contribution in [3.8, 4) is 11.1 Å². The average molecular weight is 658 g/mol. The van der Waals surface area contributed by atoms with E-state index in [1.165, 1.54) is 0 Å². The van der Waals surface area contributed by atoms with Gasteiger partial charge in [0.1, 0.15) is 5.52 Å². The fourth-order valence-corrected chi connectivity index (χ4v) is 6.92. The molecule has 0 radical (unpaired) electrons. The molecule has 0 saturated carbocycles. The van der Waals surface area contributed by atoms with E-state index < -0.39 is 0 Å². The predicted molar refractivity (Wildman–Crippen MR) is 182 cm³/mol. The lowest BCUT2D eigenvalue weighted by Crippen LogP contribution is -2.24. The Morgan fingerprint density at radius 2 is 1.78 bits per heavy atom. The van der Waals surface area contributed by atoms with Crippen molar-refractivity contribution in [1.29, 1.82) is 0 Å². The molecule has 0 spiro atoms. The van der Waals surface area contributed by atoms with E-state index >= 15 is 0 Å². The maximum absolute atomic E-state index is 13.3. The maximum Gasteiger partial charge on any atom is 0.276 e. The van der Waals surface area contributed by atoms with Gasteiger partial charge in [0.25, 0.3) is 5.91 Å². The molecule has 0 unspecified atom stereocenters. The number of aliphatic hydroxyl groups excluding tert-OH is 1. The van der Waals surface area contributed by atoms with Crippen LogP contribution in [0.3, 0.4) is 0 Å². The van der Waals surface area contributed by atoms with Gasteiger partial charge in [-0.3, -0.25) is 19.4 Å². The van der Waals surface area contributed by atoms with Gasteiger partial charge in [0.05, 0.1) is 33.2 Å². The molecule has 2 aliphatic rings. The summed E-state index contributed by atoms with van der Waals surface area (Å²) in [5, 5.41) is 25.8. The topological polar surface area (TPSA) is 120 Å². The molecule has 2 aliphatic heterocycles. The molecule has 4 N–H and O–H groups in total. The zero-order valence-corrected chi connectivity index (χ0v) is 26.8. The molecule has 1 amide bonds. The number of nitrogens with one attached hydrogen (secondary N) is 3. The number of aliphatic hydroxyl groups is 1. The number of carbonyl (C=O) groups excluding carboxylic acids is 1. The minimum Gasteiger partial charge on any atom is -0.392 e. The molecule has 10 nitrogen and oxygen atoms in total. The lowest BCUT2D eigenvalue weighted by molar-refractivity contribution is 0.102. The molecule has 7 rings (SSSR count). The minimum absolute atomic E-state index is 0.172. The van der Waals surface area contributed by atoms with Crippen LogP contribution in [0.1, 0.15) is 47.1 Å². The van der Waals surface area contributed by atoms with Gasteiger partial charge >= 0.3 is 0 Å². The number of aryl methyl sites for hydroxylation is 1. The molecule has 12 heteroatoms. The quantitative estimate of drug-likeness (QED) is 0.151. The number of fused-ring (bicyclic) bond motifs is 2. The first-order chi connectivity index (χ1) is 22.4. The van der Waals surface area contributed by atoms with E-state index in [1.807, 2.05) is 60.4 Å². The van der Waals surface area contributed by atoms with Crippen molar-refractivity contribution in [3.63, 3.8) is 0 Å². The summed E-state index contributed by atoms with van der Waals surface area (Å²) >= 11 is 13.9. The molecule has 46 heavy (non-hydrogen) atoms. The number of rotatable bonds is 8. The highest BCUT2D eigenvalue weighted by molar-refractivity contribution is 6.39. The highest BCUT2D eigenvalue weighted by Gasteiger charge is 2.24. The van der Waals surface area contributed by atoms with E-state index in [0.717, 1.165) is 61.1 Å². The summed E-state index contributed by atoms with van der Waals surface area (Å²) in [6.45, 7) is 3.08. The third kappa shape index (κ3) is 6.06. The van der Waals surface area contributed by atoms with Crippen LogP contribution in [0.15, 0.2) is 67.0 Å². The van der Waals surface area contributed by atoms with E-state index in [1.54, 1.807) is 12.3 Å². The maximum atomic E-state index is 13.3. The molecule has 0 aliphatic carbocycles. The van der Waals surface area contributed by atoms with Gasteiger partial charge < -0.3 is 21.1 Å². The van der Waals surface area contributed by atoms with Crippen LogP contribution in [0, 0.1) is 0 Å². The summed E-state index contributed by atoms with van der Waals surface area (Å²) in [7, 11) is 1.92. The van der Waals surface area contributed by atoms with Crippen LogP contribution in [0.4, 0.5) is 17.2 Å².